The van der Waals surface area contributed by atoms with Crippen molar-refractivity contribution in [2.75, 3.05) is 0 Å². The number of hydrogen-bond acceptors (Lipinski definition) is 2. The summed E-state index contributed by atoms with van der Waals surface area (Å²) < 4.78 is 16.1. The van der Waals surface area contributed by atoms with Crippen molar-refractivity contribution in [1.82, 2.24) is 14.5 Å². The Morgan fingerprint density at radius 2 is 1.75 bits per heavy atom. The van der Waals surface area contributed by atoms with E-state index in [2.05, 4.69) is 22.1 Å². The van der Waals surface area contributed by atoms with Gasteiger partial charge in [-0.2, -0.15) is 0 Å². The predicted molar refractivity (Wildman–Crippen MR) is 92.8 cm³/mol. The summed E-state index contributed by atoms with van der Waals surface area (Å²) in [6.07, 6.45) is 2.17. The average Bonchev–Trinajstić information content (AvgIpc) is 2.96. The predicted octanol–water partition coefficient (Wildman–Crippen LogP) is 4.46. The maximum Gasteiger partial charge on any atom is 0.164 e. The smallest absolute Gasteiger partial charge is 0.164 e. The van der Waals surface area contributed by atoms with Crippen LogP contribution in [0.15, 0.2) is 66.9 Å². The third kappa shape index (κ3) is 2.56. The largest absolute Gasteiger partial charge is 0.280 e. The first kappa shape index (κ1) is 14.6. The van der Waals surface area contributed by atoms with Gasteiger partial charge >= 0.3 is 0 Å². The van der Waals surface area contributed by atoms with Crippen LogP contribution in [0.4, 0.5) is 4.39 Å². The van der Waals surface area contributed by atoms with E-state index in [1.807, 2.05) is 41.8 Å². The Bertz CT molecular complexity index is 1000. The van der Waals surface area contributed by atoms with E-state index in [1.54, 1.807) is 18.3 Å². The second kappa shape index (κ2) is 5.89. The van der Waals surface area contributed by atoms with Crippen LogP contribution in [0.25, 0.3) is 16.9 Å². The number of aryl methyl sites for hydroxylation is 1. The lowest BCUT2D eigenvalue weighted by molar-refractivity contribution is 0.611. The van der Waals surface area contributed by atoms with Gasteiger partial charge in [-0.05, 0) is 42.8 Å². The first-order chi connectivity index (χ1) is 11.7. The van der Waals surface area contributed by atoms with Gasteiger partial charge in [0, 0.05) is 18.3 Å². The standard InChI is InChI=1S/C20H16FN3/c1-14-8-10-16(11-9-14)24-19(13-15-5-2-3-6-17(15)21)23-18-7-4-12-22-20(18)24/h2-12H,13H2,1H3. The second-order valence-electron chi connectivity index (χ2n) is 5.81. The number of imidazole rings is 1. The lowest BCUT2D eigenvalue weighted by Gasteiger charge is -2.09. The molecule has 0 bridgehead atoms. The number of pyridine rings is 1. The number of aromatic nitrogens is 3. The molecule has 0 N–H and O–H groups in total. The molecular weight excluding hydrogens is 301 g/mol. The van der Waals surface area contributed by atoms with E-state index in [1.165, 1.54) is 11.6 Å². The van der Waals surface area contributed by atoms with Crippen LogP contribution in [0.5, 0.6) is 0 Å². The lowest BCUT2D eigenvalue weighted by Crippen LogP contribution is -2.04. The van der Waals surface area contributed by atoms with Crippen LogP contribution in [0.1, 0.15) is 17.0 Å². The fourth-order valence-corrected chi connectivity index (χ4v) is 2.86. The summed E-state index contributed by atoms with van der Waals surface area (Å²) in [6.45, 7) is 2.05. The average molecular weight is 317 g/mol. The van der Waals surface area contributed by atoms with Crippen LogP contribution in [0.2, 0.25) is 0 Å². The molecule has 0 saturated heterocycles. The number of rotatable bonds is 3. The van der Waals surface area contributed by atoms with Crippen molar-refractivity contribution in [2.24, 2.45) is 0 Å². The van der Waals surface area contributed by atoms with Gasteiger partial charge in [0.15, 0.2) is 5.65 Å². The summed E-state index contributed by atoms with van der Waals surface area (Å²) in [5.41, 5.74) is 4.39. The van der Waals surface area contributed by atoms with Crippen molar-refractivity contribution < 1.29 is 4.39 Å². The molecular formula is C20H16FN3. The van der Waals surface area contributed by atoms with E-state index >= 15 is 0 Å². The Morgan fingerprint density at radius 1 is 0.958 bits per heavy atom. The van der Waals surface area contributed by atoms with Gasteiger partial charge in [-0.25, -0.2) is 14.4 Å². The molecule has 2 aromatic heterocycles. The quantitative estimate of drug-likeness (QED) is 0.558. The number of nitrogens with zero attached hydrogens (tertiary/aromatic N) is 3. The van der Waals surface area contributed by atoms with Gasteiger partial charge in [0.05, 0.1) is 0 Å². The van der Waals surface area contributed by atoms with Crippen LogP contribution in [-0.2, 0) is 6.42 Å². The van der Waals surface area contributed by atoms with Gasteiger partial charge in [0.2, 0.25) is 0 Å². The maximum absolute atomic E-state index is 14.1. The zero-order valence-electron chi connectivity index (χ0n) is 13.3. The van der Waals surface area contributed by atoms with Crippen LogP contribution in [0.3, 0.4) is 0 Å². The number of halogens is 1. The van der Waals surface area contributed by atoms with E-state index in [9.17, 15) is 4.39 Å². The zero-order chi connectivity index (χ0) is 16.5. The topological polar surface area (TPSA) is 30.7 Å². The van der Waals surface area contributed by atoms with Crippen molar-refractivity contribution >= 4 is 11.2 Å². The third-order valence-corrected chi connectivity index (χ3v) is 4.08. The van der Waals surface area contributed by atoms with Gasteiger partial charge in [-0.1, -0.05) is 35.9 Å². The first-order valence-corrected chi connectivity index (χ1v) is 7.85. The maximum atomic E-state index is 14.1. The molecule has 2 heterocycles. The lowest BCUT2D eigenvalue weighted by atomic mass is 10.1. The molecule has 24 heavy (non-hydrogen) atoms. The van der Waals surface area contributed by atoms with Crippen molar-refractivity contribution in [3.05, 3.63) is 89.6 Å². The molecule has 4 heteroatoms. The molecule has 0 spiro atoms. The molecule has 0 radical (unpaired) electrons. The summed E-state index contributed by atoms with van der Waals surface area (Å²) >= 11 is 0. The molecule has 4 rings (SSSR count). The highest BCUT2D eigenvalue weighted by Gasteiger charge is 2.15. The SMILES string of the molecule is Cc1ccc(-n2c(Cc3ccccc3F)nc3cccnc32)cc1. The molecule has 0 aliphatic carbocycles. The fraction of sp³-hybridized carbons (Fsp3) is 0.100. The van der Waals surface area contributed by atoms with Gasteiger partial charge in [0.1, 0.15) is 17.2 Å². The van der Waals surface area contributed by atoms with Gasteiger partial charge in [0.25, 0.3) is 0 Å². The number of benzene rings is 2. The molecule has 3 nitrogen and oxygen atoms in total. The summed E-state index contributed by atoms with van der Waals surface area (Å²) in [5, 5.41) is 0. The van der Waals surface area contributed by atoms with Gasteiger partial charge < -0.3 is 0 Å². The molecule has 0 saturated carbocycles. The third-order valence-electron chi connectivity index (χ3n) is 4.08. The monoisotopic (exact) mass is 317 g/mol. The summed E-state index contributed by atoms with van der Waals surface area (Å²) in [4.78, 5) is 9.15. The summed E-state index contributed by atoms with van der Waals surface area (Å²) in [5.74, 6) is 0.561. The Labute approximate surface area is 139 Å². The molecule has 0 amide bonds. The minimum atomic E-state index is -0.215. The Balaban J connectivity index is 1.90. The van der Waals surface area contributed by atoms with Crippen molar-refractivity contribution in [1.29, 1.82) is 0 Å². The second-order valence-corrected chi connectivity index (χ2v) is 5.81. The molecule has 4 aromatic rings. The zero-order valence-corrected chi connectivity index (χ0v) is 13.3. The van der Waals surface area contributed by atoms with E-state index < -0.39 is 0 Å². The highest BCUT2D eigenvalue weighted by Crippen LogP contribution is 2.23. The molecule has 0 unspecified atom stereocenters. The van der Waals surface area contributed by atoms with Crippen LogP contribution in [-0.4, -0.2) is 14.5 Å². The molecule has 0 fully saturated rings. The summed E-state index contributed by atoms with van der Waals surface area (Å²) in [7, 11) is 0. The summed E-state index contributed by atoms with van der Waals surface area (Å²) in [6, 6.07) is 18.8. The van der Waals surface area contributed by atoms with E-state index in [0.29, 0.717) is 12.0 Å². The normalized spacial score (nSPS) is 11.1. The Hall–Kier alpha value is -3.01. The van der Waals surface area contributed by atoms with Crippen LogP contribution >= 0.6 is 0 Å². The van der Waals surface area contributed by atoms with Crippen LogP contribution < -0.4 is 0 Å². The minimum Gasteiger partial charge on any atom is -0.280 e. The van der Waals surface area contributed by atoms with Crippen molar-refractivity contribution in [2.45, 2.75) is 13.3 Å². The van der Waals surface area contributed by atoms with Crippen molar-refractivity contribution in [3.63, 3.8) is 0 Å². The van der Waals surface area contributed by atoms with Gasteiger partial charge in [-0.15, -0.1) is 0 Å². The molecule has 0 aliphatic heterocycles. The molecule has 0 atom stereocenters. The van der Waals surface area contributed by atoms with E-state index in [0.717, 1.165) is 22.7 Å². The van der Waals surface area contributed by atoms with E-state index in [4.69, 9.17) is 0 Å². The highest BCUT2D eigenvalue weighted by molar-refractivity contribution is 5.74. The minimum absolute atomic E-state index is 0.215. The van der Waals surface area contributed by atoms with Gasteiger partial charge in [-0.3, -0.25) is 4.57 Å². The molecule has 0 aliphatic rings. The highest BCUT2D eigenvalue weighted by atomic mass is 19.1. The van der Waals surface area contributed by atoms with Crippen molar-refractivity contribution in [3.8, 4) is 5.69 Å². The molecule has 2 aromatic carbocycles. The number of hydrogen-bond donors (Lipinski definition) is 0. The number of fused-ring (bicyclic) bond motifs is 1. The first-order valence-electron chi connectivity index (χ1n) is 7.85. The van der Waals surface area contributed by atoms with Crippen LogP contribution in [0, 0.1) is 12.7 Å². The Kier molecular flexibility index (Phi) is 3.58. The Morgan fingerprint density at radius 3 is 2.54 bits per heavy atom. The molecule has 118 valence electrons. The fourth-order valence-electron chi connectivity index (χ4n) is 2.86. The van der Waals surface area contributed by atoms with E-state index in [-0.39, 0.29) is 5.82 Å².